The molecule has 32 heavy (non-hydrogen) atoms. The van der Waals surface area contributed by atoms with Crippen LogP contribution in [0.2, 0.25) is 0 Å². The van der Waals surface area contributed by atoms with Gasteiger partial charge < -0.3 is 19.9 Å². The van der Waals surface area contributed by atoms with Gasteiger partial charge in [0.05, 0.1) is 11.7 Å². The van der Waals surface area contributed by atoms with Crippen LogP contribution in [0, 0.1) is 19.8 Å². The van der Waals surface area contributed by atoms with E-state index in [4.69, 9.17) is 9.84 Å². The molecule has 0 aliphatic carbocycles. The Morgan fingerprint density at radius 1 is 1.12 bits per heavy atom. The molecule has 2 aromatic heterocycles. The lowest BCUT2D eigenvalue weighted by molar-refractivity contribution is -0.125. The Hall–Kier alpha value is -2.26. The van der Waals surface area contributed by atoms with Crippen LogP contribution in [0.25, 0.3) is 10.9 Å². The van der Waals surface area contributed by atoms with Crippen molar-refractivity contribution in [3.63, 3.8) is 0 Å². The third-order valence-electron chi connectivity index (χ3n) is 6.80. The molecule has 1 N–H and O–H groups in total. The van der Waals surface area contributed by atoms with Crippen LogP contribution < -0.4 is 10.2 Å². The van der Waals surface area contributed by atoms with Gasteiger partial charge in [-0.05, 0) is 66.6 Å². The van der Waals surface area contributed by atoms with E-state index in [-0.39, 0.29) is 11.8 Å². The maximum atomic E-state index is 12.6. The highest BCUT2D eigenvalue weighted by Crippen LogP contribution is 2.33. The van der Waals surface area contributed by atoms with Crippen LogP contribution in [0.15, 0.2) is 0 Å². The van der Waals surface area contributed by atoms with Crippen LogP contribution in [0.3, 0.4) is 0 Å². The number of ether oxygens (including phenoxy) is 1. The number of amides is 1. The van der Waals surface area contributed by atoms with Crippen molar-refractivity contribution in [2.24, 2.45) is 5.92 Å². The van der Waals surface area contributed by atoms with Gasteiger partial charge in [0.2, 0.25) is 5.91 Å². The third-order valence-corrected chi connectivity index (χ3v) is 6.80. The van der Waals surface area contributed by atoms with Gasteiger partial charge in [0, 0.05) is 49.8 Å². The first kappa shape index (κ1) is 22.9. The Bertz CT molecular complexity index is 928. The lowest BCUT2D eigenvalue weighted by Gasteiger charge is -2.32. The smallest absolute Gasteiger partial charge is 0.223 e. The molecule has 9 heteroatoms. The minimum absolute atomic E-state index is 0.0704. The number of aryl methyl sites for hydroxylation is 2. The molecule has 0 spiro atoms. The zero-order valence-electron chi connectivity index (χ0n) is 19.9. The maximum absolute atomic E-state index is 12.6. The second-order valence-electron chi connectivity index (χ2n) is 9.42. The zero-order chi connectivity index (χ0) is 22.7. The standard InChI is InChI=1S/C23H37N7O2/c1-16-20-17(2)30(19-8-14-32-15-9-19)27-21(20)22(26-25-16)29-12-6-18(7-13-29)23(31)24-10-5-11-28(3)4/h18-19H,5-15H2,1-4H3,(H,24,31). The van der Waals surface area contributed by atoms with Gasteiger partial charge in [-0.15, -0.1) is 5.10 Å². The number of nitrogens with zero attached hydrogens (tertiary/aromatic N) is 6. The molecule has 2 fully saturated rings. The van der Waals surface area contributed by atoms with Gasteiger partial charge in [-0.1, -0.05) is 0 Å². The first-order chi connectivity index (χ1) is 15.5. The van der Waals surface area contributed by atoms with Gasteiger partial charge in [-0.2, -0.15) is 10.2 Å². The summed E-state index contributed by atoms with van der Waals surface area (Å²) in [6, 6.07) is 0.366. The summed E-state index contributed by atoms with van der Waals surface area (Å²) in [5, 5.41) is 18.3. The molecule has 0 saturated carbocycles. The molecule has 0 bridgehead atoms. The molecule has 4 rings (SSSR count). The predicted octanol–water partition coefficient (Wildman–Crippen LogP) is 2.08. The quantitative estimate of drug-likeness (QED) is 0.656. The monoisotopic (exact) mass is 443 g/mol. The largest absolute Gasteiger partial charge is 0.381 e. The van der Waals surface area contributed by atoms with Crippen LogP contribution in [0.4, 0.5) is 5.82 Å². The molecule has 2 aliphatic heterocycles. The minimum Gasteiger partial charge on any atom is -0.381 e. The van der Waals surface area contributed by atoms with E-state index in [1.807, 2.05) is 6.92 Å². The SMILES string of the molecule is Cc1nnc(N2CCC(C(=O)NCCCN(C)C)CC2)c2nn(C3CCOCC3)c(C)c12. The fourth-order valence-electron chi connectivity index (χ4n) is 4.93. The molecule has 1 amide bonds. The number of anilines is 1. The van der Waals surface area contributed by atoms with Gasteiger partial charge in [-0.25, -0.2) is 0 Å². The number of aromatic nitrogens is 4. The highest BCUT2D eigenvalue weighted by molar-refractivity contribution is 5.92. The Balaban J connectivity index is 1.44. The highest BCUT2D eigenvalue weighted by Gasteiger charge is 2.29. The van der Waals surface area contributed by atoms with Gasteiger partial charge in [-0.3, -0.25) is 9.48 Å². The number of hydrogen-bond donors (Lipinski definition) is 1. The summed E-state index contributed by atoms with van der Waals surface area (Å²) in [5.41, 5.74) is 3.02. The Morgan fingerprint density at radius 2 is 1.84 bits per heavy atom. The summed E-state index contributed by atoms with van der Waals surface area (Å²) < 4.78 is 7.71. The first-order valence-electron chi connectivity index (χ1n) is 11.9. The number of carbonyl (C=O) groups is 1. The van der Waals surface area contributed by atoms with Crippen molar-refractivity contribution in [2.45, 2.75) is 52.0 Å². The second-order valence-corrected chi connectivity index (χ2v) is 9.42. The van der Waals surface area contributed by atoms with Gasteiger partial charge in [0.15, 0.2) is 5.82 Å². The van der Waals surface area contributed by atoms with Crippen LogP contribution in [0.5, 0.6) is 0 Å². The topological polar surface area (TPSA) is 88.4 Å². The number of fused-ring (bicyclic) bond motifs is 1. The average Bonchev–Trinajstić information content (AvgIpc) is 3.15. The first-order valence-corrected chi connectivity index (χ1v) is 11.9. The highest BCUT2D eigenvalue weighted by atomic mass is 16.5. The lowest BCUT2D eigenvalue weighted by atomic mass is 9.95. The molecule has 0 unspecified atom stereocenters. The normalized spacial score (nSPS) is 18.6. The summed E-state index contributed by atoms with van der Waals surface area (Å²) in [7, 11) is 4.10. The summed E-state index contributed by atoms with van der Waals surface area (Å²) in [5.74, 6) is 1.11. The number of rotatable bonds is 7. The van der Waals surface area contributed by atoms with Gasteiger partial charge in [0.25, 0.3) is 0 Å². The molecule has 0 radical (unpaired) electrons. The molecule has 0 aromatic carbocycles. The van der Waals surface area contributed by atoms with Crippen molar-refractivity contribution in [1.29, 1.82) is 0 Å². The van der Waals surface area contributed by atoms with E-state index in [9.17, 15) is 4.79 Å². The fourth-order valence-corrected chi connectivity index (χ4v) is 4.93. The van der Waals surface area contributed by atoms with Crippen LogP contribution in [-0.4, -0.2) is 84.3 Å². The molecule has 0 atom stereocenters. The molecule has 176 valence electrons. The van der Waals surface area contributed by atoms with Gasteiger partial charge >= 0.3 is 0 Å². The number of hydrogen-bond acceptors (Lipinski definition) is 7. The van der Waals surface area contributed by atoms with Crippen molar-refractivity contribution in [1.82, 2.24) is 30.2 Å². The van der Waals surface area contributed by atoms with E-state index >= 15 is 0 Å². The van der Waals surface area contributed by atoms with Crippen molar-refractivity contribution >= 4 is 22.6 Å². The number of piperidine rings is 1. The van der Waals surface area contributed by atoms with E-state index in [1.54, 1.807) is 0 Å². The summed E-state index contributed by atoms with van der Waals surface area (Å²) in [6.07, 6.45) is 4.61. The minimum atomic E-state index is 0.0704. The van der Waals surface area contributed by atoms with E-state index in [1.165, 1.54) is 0 Å². The van der Waals surface area contributed by atoms with Crippen molar-refractivity contribution < 1.29 is 9.53 Å². The zero-order valence-corrected chi connectivity index (χ0v) is 19.9. The predicted molar refractivity (Wildman–Crippen MR) is 125 cm³/mol. The molecule has 9 nitrogen and oxygen atoms in total. The summed E-state index contributed by atoms with van der Waals surface area (Å²) in [4.78, 5) is 17.0. The maximum Gasteiger partial charge on any atom is 0.223 e. The van der Waals surface area contributed by atoms with Crippen LogP contribution in [-0.2, 0) is 9.53 Å². The van der Waals surface area contributed by atoms with Crippen molar-refractivity contribution in [3.8, 4) is 0 Å². The molecular formula is C23H37N7O2. The molecule has 2 aromatic rings. The molecule has 4 heterocycles. The molecule has 2 saturated heterocycles. The van der Waals surface area contributed by atoms with Gasteiger partial charge in [0.1, 0.15) is 5.52 Å². The Kier molecular flexibility index (Phi) is 7.25. The Labute approximate surface area is 190 Å². The molecule has 2 aliphatic rings. The second kappa shape index (κ2) is 10.1. The van der Waals surface area contributed by atoms with Crippen LogP contribution in [0.1, 0.15) is 49.5 Å². The van der Waals surface area contributed by atoms with Crippen molar-refractivity contribution in [2.75, 3.05) is 58.4 Å². The van der Waals surface area contributed by atoms with E-state index < -0.39 is 0 Å². The molecular weight excluding hydrogens is 406 g/mol. The van der Waals surface area contributed by atoms with E-state index in [2.05, 4.69) is 51.0 Å². The number of carbonyl (C=O) groups excluding carboxylic acids is 1. The van der Waals surface area contributed by atoms with Crippen LogP contribution >= 0.6 is 0 Å². The van der Waals surface area contributed by atoms with Crippen molar-refractivity contribution in [3.05, 3.63) is 11.4 Å². The fraction of sp³-hybridized carbons (Fsp3) is 0.739. The third kappa shape index (κ3) is 4.88. The summed E-state index contributed by atoms with van der Waals surface area (Å²) in [6.45, 7) is 9.04. The lowest BCUT2D eigenvalue weighted by Crippen LogP contribution is -2.41. The van der Waals surface area contributed by atoms with E-state index in [0.29, 0.717) is 6.04 Å². The number of nitrogens with one attached hydrogen (secondary N) is 1. The average molecular weight is 444 g/mol. The Morgan fingerprint density at radius 3 is 2.53 bits per heavy atom. The summed E-state index contributed by atoms with van der Waals surface area (Å²) >= 11 is 0. The van der Waals surface area contributed by atoms with E-state index in [0.717, 1.165) is 99.6 Å².